The minimum atomic E-state index is -3.42. The monoisotopic (exact) mass is 303 g/mol. The third-order valence-electron chi connectivity index (χ3n) is 3.79. The molecular weight excluding hydrogens is 282 g/mol. The van der Waals surface area contributed by atoms with Crippen molar-refractivity contribution in [3.8, 4) is 0 Å². The van der Waals surface area contributed by atoms with Crippen LogP contribution in [0.2, 0.25) is 0 Å². The zero-order valence-electron chi connectivity index (χ0n) is 11.6. The van der Waals surface area contributed by atoms with E-state index in [1.807, 2.05) is 7.05 Å². The Morgan fingerprint density at radius 1 is 1.42 bits per heavy atom. The quantitative estimate of drug-likeness (QED) is 0.902. The van der Waals surface area contributed by atoms with Gasteiger partial charge in [0.05, 0.1) is 4.90 Å². The molecule has 1 saturated heterocycles. The molecule has 108 valence electrons. The average Bonchev–Trinajstić information content (AvgIpc) is 2.81. The number of likely N-dealkylation sites (N-methyl/N-ethyl adjacent to an activating group) is 1. The first-order valence-electron chi connectivity index (χ1n) is 6.27. The Balaban J connectivity index is 2.31. The Hall–Kier alpha value is -0.470. The van der Waals surface area contributed by atoms with E-state index in [1.165, 1.54) is 11.3 Å². The van der Waals surface area contributed by atoms with Crippen molar-refractivity contribution in [2.24, 2.45) is 5.73 Å². The molecule has 0 bridgehead atoms. The molecule has 1 aliphatic heterocycles. The number of thiophene rings is 1. The molecule has 0 atom stereocenters. The molecule has 0 aromatic carbocycles. The molecule has 2 rings (SSSR count). The number of piperazine rings is 1. The molecule has 0 aliphatic carbocycles. The third-order valence-corrected chi connectivity index (χ3v) is 6.79. The second-order valence-electron chi connectivity index (χ2n) is 5.48. The predicted octanol–water partition coefficient (Wildman–Crippen LogP) is 0.921. The van der Waals surface area contributed by atoms with Gasteiger partial charge < -0.3 is 5.73 Å². The normalized spacial score (nSPS) is 21.7. The number of nitrogens with zero attached hydrogens (tertiary/aromatic N) is 2. The largest absolute Gasteiger partial charge is 0.326 e. The Morgan fingerprint density at radius 2 is 2.11 bits per heavy atom. The zero-order valence-corrected chi connectivity index (χ0v) is 13.2. The second-order valence-corrected chi connectivity index (χ2v) is 8.39. The minimum absolute atomic E-state index is 0.149. The van der Waals surface area contributed by atoms with Crippen molar-refractivity contribution in [1.29, 1.82) is 0 Å². The average molecular weight is 303 g/mol. The van der Waals surface area contributed by atoms with E-state index in [0.29, 0.717) is 18.0 Å². The number of nitrogens with two attached hydrogens (primary N) is 1. The van der Waals surface area contributed by atoms with Crippen LogP contribution in [0.25, 0.3) is 0 Å². The molecule has 2 heterocycles. The van der Waals surface area contributed by atoms with Gasteiger partial charge in [0.25, 0.3) is 0 Å². The SMILES string of the molecule is CN1CCN(S(=O)(=O)c2ccsc2CN)CC1(C)C. The molecule has 0 amide bonds. The Kier molecular flexibility index (Phi) is 4.04. The Bertz CT molecular complexity index is 551. The van der Waals surface area contributed by atoms with Crippen LogP contribution in [0, 0.1) is 0 Å². The molecule has 1 aromatic rings. The molecule has 19 heavy (non-hydrogen) atoms. The summed E-state index contributed by atoms with van der Waals surface area (Å²) < 4.78 is 26.9. The van der Waals surface area contributed by atoms with Gasteiger partial charge >= 0.3 is 0 Å². The zero-order chi connectivity index (χ0) is 14.3. The maximum absolute atomic E-state index is 12.7. The summed E-state index contributed by atoms with van der Waals surface area (Å²) in [5, 5.41) is 1.79. The summed E-state index contributed by atoms with van der Waals surface area (Å²) in [5.74, 6) is 0. The van der Waals surface area contributed by atoms with Crippen molar-refractivity contribution >= 4 is 21.4 Å². The molecule has 1 aromatic heterocycles. The van der Waals surface area contributed by atoms with E-state index in [0.717, 1.165) is 11.4 Å². The van der Waals surface area contributed by atoms with Gasteiger partial charge in [0, 0.05) is 36.6 Å². The molecule has 0 unspecified atom stereocenters. The van der Waals surface area contributed by atoms with Crippen LogP contribution in [-0.2, 0) is 16.6 Å². The van der Waals surface area contributed by atoms with Gasteiger partial charge in [-0.15, -0.1) is 11.3 Å². The first-order valence-corrected chi connectivity index (χ1v) is 8.59. The van der Waals surface area contributed by atoms with Crippen LogP contribution in [-0.4, -0.2) is 49.8 Å². The van der Waals surface area contributed by atoms with Crippen molar-refractivity contribution in [3.63, 3.8) is 0 Å². The molecule has 7 heteroatoms. The fourth-order valence-corrected chi connectivity index (χ4v) is 5.14. The number of hydrogen-bond donors (Lipinski definition) is 1. The number of rotatable bonds is 3. The van der Waals surface area contributed by atoms with Crippen LogP contribution in [0.1, 0.15) is 18.7 Å². The highest BCUT2D eigenvalue weighted by Gasteiger charge is 2.38. The number of sulfonamides is 1. The van der Waals surface area contributed by atoms with Gasteiger partial charge in [-0.1, -0.05) is 0 Å². The summed E-state index contributed by atoms with van der Waals surface area (Å²) in [5.41, 5.74) is 5.47. The molecule has 0 saturated carbocycles. The van der Waals surface area contributed by atoms with Crippen molar-refractivity contribution in [1.82, 2.24) is 9.21 Å². The highest BCUT2D eigenvalue weighted by atomic mass is 32.2. The van der Waals surface area contributed by atoms with Crippen molar-refractivity contribution < 1.29 is 8.42 Å². The van der Waals surface area contributed by atoms with E-state index < -0.39 is 10.0 Å². The Morgan fingerprint density at radius 3 is 2.68 bits per heavy atom. The first kappa shape index (κ1) is 14.9. The lowest BCUT2D eigenvalue weighted by Gasteiger charge is -2.44. The molecular formula is C12H21N3O2S2. The second kappa shape index (κ2) is 5.14. The summed E-state index contributed by atoms with van der Waals surface area (Å²) in [7, 11) is -1.39. The topological polar surface area (TPSA) is 66.6 Å². The van der Waals surface area contributed by atoms with Gasteiger partial charge in [0.15, 0.2) is 0 Å². The summed E-state index contributed by atoms with van der Waals surface area (Å²) in [4.78, 5) is 3.30. The molecule has 5 nitrogen and oxygen atoms in total. The van der Waals surface area contributed by atoms with Gasteiger partial charge in [-0.3, -0.25) is 4.90 Å². The molecule has 2 N–H and O–H groups in total. The van der Waals surface area contributed by atoms with E-state index in [1.54, 1.807) is 15.8 Å². The Labute approximate surface area is 119 Å². The van der Waals surface area contributed by atoms with Crippen LogP contribution in [0.15, 0.2) is 16.3 Å². The van der Waals surface area contributed by atoms with Crippen LogP contribution in [0.4, 0.5) is 0 Å². The number of hydrogen-bond acceptors (Lipinski definition) is 5. The minimum Gasteiger partial charge on any atom is -0.326 e. The van der Waals surface area contributed by atoms with Crippen LogP contribution in [0.5, 0.6) is 0 Å². The van der Waals surface area contributed by atoms with Gasteiger partial charge in [-0.25, -0.2) is 8.42 Å². The van der Waals surface area contributed by atoms with Gasteiger partial charge in [-0.05, 0) is 32.3 Å². The molecule has 1 aliphatic rings. The first-order chi connectivity index (χ1) is 8.79. The summed E-state index contributed by atoms with van der Waals surface area (Å²) in [6, 6.07) is 1.66. The van der Waals surface area contributed by atoms with Gasteiger partial charge in [0.1, 0.15) is 0 Å². The lowest BCUT2D eigenvalue weighted by atomic mass is 10.0. The van der Waals surface area contributed by atoms with Crippen LogP contribution < -0.4 is 5.73 Å². The van der Waals surface area contributed by atoms with E-state index in [2.05, 4.69) is 18.7 Å². The van der Waals surface area contributed by atoms with Crippen molar-refractivity contribution in [2.45, 2.75) is 30.8 Å². The van der Waals surface area contributed by atoms with E-state index >= 15 is 0 Å². The van der Waals surface area contributed by atoms with E-state index in [-0.39, 0.29) is 12.1 Å². The lowest BCUT2D eigenvalue weighted by Crippen LogP contribution is -2.58. The van der Waals surface area contributed by atoms with Crippen molar-refractivity contribution in [2.75, 3.05) is 26.7 Å². The predicted molar refractivity (Wildman–Crippen MR) is 77.7 cm³/mol. The standard InChI is InChI=1S/C12H21N3O2S2/c1-12(2)9-15(6-5-14(12)3)19(16,17)11-4-7-18-10(11)8-13/h4,7H,5-6,8-9,13H2,1-3H3. The van der Waals surface area contributed by atoms with Crippen LogP contribution in [0.3, 0.4) is 0 Å². The highest BCUT2D eigenvalue weighted by molar-refractivity contribution is 7.89. The lowest BCUT2D eigenvalue weighted by molar-refractivity contribution is 0.0801. The van der Waals surface area contributed by atoms with Gasteiger partial charge in [0.2, 0.25) is 10.0 Å². The highest BCUT2D eigenvalue weighted by Crippen LogP contribution is 2.28. The molecule has 0 spiro atoms. The van der Waals surface area contributed by atoms with E-state index in [9.17, 15) is 8.42 Å². The fraction of sp³-hybridized carbons (Fsp3) is 0.667. The van der Waals surface area contributed by atoms with E-state index in [4.69, 9.17) is 5.73 Å². The summed E-state index contributed by atoms with van der Waals surface area (Å²) >= 11 is 1.40. The van der Waals surface area contributed by atoms with Crippen molar-refractivity contribution in [3.05, 3.63) is 16.3 Å². The smallest absolute Gasteiger partial charge is 0.244 e. The molecule has 0 radical (unpaired) electrons. The maximum Gasteiger partial charge on any atom is 0.244 e. The maximum atomic E-state index is 12.7. The summed E-state index contributed by atoms with van der Waals surface area (Å²) in [6.07, 6.45) is 0. The van der Waals surface area contributed by atoms with Gasteiger partial charge in [-0.2, -0.15) is 4.31 Å². The third kappa shape index (κ3) is 2.71. The van der Waals surface area contributed by atoms with Crippen LogP contribution >= 0.6 is 11.3 Å². The molecule has 1 fully saturated rings. The fourth-order valence-electron chi connectivity index (χ4n) is 2.25. The summed E-state index contributed by atoms with van der Waals surface area (Å²) in [6.45, 7) is 6.17.